The van der Waals surface area contributed by atoms with E-state index in [0.29, 0.717) is 22.8 Å². The minimum Gasteiger partial charge on any atom is -0.493 e. The van der Waals surface area contributed by atoms with Crippen LogP contribution in [0, 0.1) is 5.82 Å². The van der Waals surface area contributed by atoms with Crippen molar-refractivity contribution in [2.45, 2.75) is 13.0 Å². The minimum atomic E-state index is -0.318. The second-order valence-electron chi connectivity index (χ2n) is 5.16. The molecule has 0 aliphatic rings. The molecule has 0 fully saturated rings. The van der Waals surface area contributed by atoms with E-state index in [1.54, 1.807) is 24.3 Å². The summed E-state index contributed by atoms with van der Waals surface area (Å²) in [6, 6.07) is 8.86. The minimum absolute atomic E-state index is 0.280. The number of ether oxygens (including phenoxy) is 3. The number of hydrogen-bond acceptors (Lipinski definition) is 4. The van der Waals surface area contributed by atoms with Crippen LogP contribution in [0.4, 0.5) is 4.39 Å². The Labute approximate surface area is 140 Å². The number of methoxy groups -OCH3 is 3. The lowest BCUT2D eigenvalue weighted by molar-refractivity contribution is 0.0939. The molecule has 0 bridgehead atoms. The molecule has 0 radical (unpaired) electrons. The van der Waals surface area contributed by atoms with Crippen LogP contribution in [0.15, 0.2) is 36.4 Å². The molecule has 2 aromatic rings. The first-order valence-corrected chi connectivity index (χ1v) is 7.36. The predicted octanol–water partition coefficient (Wildman–Crippen LogP) is 3.34. The molecule has 0 saturated carbocycles. The quantitative estimate of drug-likeness (QED) is 0.881. The highest BCUT2D eigenvalue weighted by Crippen LogP contribution is 2.38. The summed E-state index contributed by atoms with van der Waals surface area (Å²) in [6.45, 7) is 1.82. The van der Waals surface area contributed by atoms with Crippen LogP contribution in [-0.2, 0) is 0 Å². The van der Waals surface area contributed by atoms with Gasteiger partial charge in [-0.25, -0.2) is 4.39 Å². The van der Waals surface area contributed by atoms with Crippen molar-refractivity contribution in [1.29, 1.82) is 0 Å². The van der Waals surface area contributed by atoms with E-state index in [1.807, 2.05) is 6.92 Å². The summed E-state index contributed by atoms with van der Waals surface area (Å²) in [5.41, 5.74) is 1.18. The molecule has 5 nitrogen and oxygen atoms in total. The second-order valence-corrected chi connectivity index (χ2v) is 5.16. The normalized spacial score (nSPS) is 11.5. The third kappa shape index (κ3) is 3.76. The Morgan fingerprint density at radius 1 is 1.00 bits per heavy atom. The average Bonchev–Trinajstić information content (AvgIpc) is 2.60. The first-order chi connectivity index (χ1) is 11.5. The van der Waals surface area contributed by atoms with Crippen LogP contribution in [0.3, 0.4) is 0 Å². The lowest BCUT2D eigenvalue weighted by atomic mass is 10.1. The van der Waals surface area contributed by atoms with Gasteiger partial charge in [0.2, 0.25) is 5.75 Å². The molecule has 24 heavy (non-hydrogen) atoms. The number of rotatable bonds is 6. The summed E-state index contributed by atoms with van der Waals surface area (Å²) in [7, 11) is 4.47. The number of nitrogens with one attached hydrogen (secondary N) is 1. The van der Waals surface area contributed by atoms with Gasteiger partial charge in [0.15, 0.2) is 11.5 Å². The molecule has 128 valence electrons. The van der Waals surface area contributed by atoms with E-state index < -0.39 is 0 Å². The SMILES string of the molecule is COc1cc(C(=O)N[C@@H](C)c2ccc(F)cc2)cc(OC)c1OC. The summed E-state index contributed by atoms with van der Waals surface area (Å²) in [4.78, 5) is 12.5. The van der Waals surface area contributed by atoms with Crippen LogP contribution >= 0.6 is 0 Å². The smallest absolute Gasteiger partial charge is 0.252 e. The molecule has 1 atom stereocenters. The number of carbonyl (C=O) groups excluding carboxylic acids is 1. The Kier molecular flexibility index (Phi) is 5.63. The molecule has 1 amide bonds. The summed E-state index contributed by atoms with van der Waals surface area (Å²) >= 11 is 0. The van der Waals surface area contributed by atoms with E-state index in [-0.39, 0.29) is 17.8 Å². The first-order valence-electron chi connectivity index (χ1n) is 7.36. The maximum absolute atomic E-state index is 13.0. The molecule has 0 saturated heterocycles. The first kappa shape index (κ1) is 17.6. The summed E-state index contributed by atoms with van der Waals surface area (Å²) < 4.78 is 28.7. The van der Waals surface area contributed by atoms with E-state index in [1.165, 1.54) is 33.5 Å². The van der Waals surface area contributed by atoms with Gasteiger partial charge in [0.1, 0.15) is 5.82 Å². The van der Waals surface area contributed by atoms with Gasteiger partial charge in [0.05, 0.1) is 27.4 Å². The van der Waals surface area contributed by atoms with Crippen LogP contribution in [-0.4, -0.2) is 27.2 Å². The Morgan fingerprint density at radius 2 is 1.54 bits per heavy atom. The summed E-state index contributed by atoms with van der Waals surface area (Å²) in [5.74, 6) is 0.601. The average molecular weight is 333 g/mol. The third-order valence-corrected chi connectivity index (χ3v) is 3.64. The van der Waals surface area contributed by atoms with Gasteiger partial charge >= 0.3 is 0 Å². The van der Waals surface area contributed by atoms with Gasteiger partial charge in [-0.05, 0) is 36.8 Å². The van der Waals surface area contributed by atoms with Gasteiger partial charge in [0, 0.05) is 5.56 Å². The molecule has 0 aromatic heterocycles. The van der Waals surface area contributed by atoms with E-state index in [9.17, 15) is 9.18 Å². The molecule has 0 spiro atoms. The highest BCUT2D eigenvalue weighted by atomic mass is 19.1. The standard InChI is InChI=1S/C18H20FNO4/c1-11(12-5-7-14(19)8-6-12)20-18(21)13-9-15(22-2)17(24-4)16(10-13)23-3/h5-11H,1-4H3,(H,20,21)/t11-/m0/s1. The van der Waals surface area contributed by atoms with Gasteiger partial charge in [-0.1, -0.05) is 12.1 Å². The van der Waals surface area contributed by atoms with Crippen LogP contribution in [0.25, 0.3) is 0 Å². The number of benzene rings is 2. The molecule has 1 N–H and O–H groups in total. The van der Waals surface area contributed by atoms with Crippen LogP contribution in [0.2, 0.25) is 0 Å². The highest BCUT2D eigenvalue weighted by molar-refractivity contribution is 5.95. The molecule has 2 aromatic carbocycles. The molecule has 0 heterocycles. The van der Waals surface area contributed by atoms with E-state index in [2.05, 4.69) is 5.32 Å². The van der Waals surface area contributed by atoms with Gasteiger partial charge in [-0.2, -0.15) is 0 Å². The van der Waals surface area contributed by atoms with Crippen molar-refractivity contribution >= 4 is 5.91 Å². The molecular formula is C18H20FNO4. The van der Waals surface area contributed by atoms with Gasteiger partial charge in [0.25, 0.3) is 5.91 Å². The van der Waals surface area contributed by atoms with E-state index in [0.717, 1.165) is 5.56 Å². The van der Waals surface area contributed by atoms with Crippen molar-refractivity contribution in [2.24, 2.45) is 0 Å². The molecule has 0 aliphatic carbocycles. The molecular weight excluding hydrogens is 313 g/mol. The van der Waals surface area contributed by atoms with Crippen molar-refractivity contribution in [1.82, 2.24) is 5.32 Å². The summed E-state index contributed by atoms with van der Waals surface area (Å²) in [5, 5.41) is 2.86. The third-order valence-electron chi connectivity index (χ3n) is 3.64. The zero-order chi connectivity index (χ0) is 17.7. The maximum Gasteiger partial charge on any atom is 0.252 e. The number of halogens is 1. The lowest BCUT2D eigenvalue weighted by Crippen LogP contribution is -2.26. The van der Waals surface area contributed by atoms with Crippen molar-refractivity contribution in [3.63, 3.8) is 0 Å². The van der Waals surface area contributed by atoms with Crippen LogP contribution in [0.1, 0.15) is 28.9 Å². The second kappa shape index (κ2) is 7.68. The number of carbonyl (C=O) groups is 1. The number of hydrogen-bond donors (Lipinski definition) is 1. The van der Waals surface area contributed by atoms with E-state index >= 15 is 0 Å². The fourth-order valence-electron chi connectivity index (χ4n) is 2.33. The monoisotopic (exact) mass is 333 g/mol. The topological polar surface area (TPSA) is 56.8 Å². The lowest BCUT2D eigenvalue weighted by Gasteiger charge is -2.17. The number of amides is 1. The molecule has 0 aliphatic heterocycles. The Bertz CT molecular complexity index is 690. The summed E-state index contributed by atoms with van der Waals surface area (Å²) in [6.07, 6.45) is 0. The van der Waals surface area contributed by atoms with Crippen molar-refractivity contribution in [2.75, 3.05) is 21.3 Å². The fourth-order valence-corrected chi connectivity index (χ4v) is 2.33. The Hall–Kier alpha value is -2.76. The molecule has 6 heteroatoms. The van der Waals surface area contributed by atoms with Crippen molar-refractivity contribution in [3.05, 3.63) is 53.3 Å². The zero-order valence-corrected chi connectivity index (χ0v) is 14.1. The largest absolute Gasteiger partial charge is 0.493 e. The van der Waals surface area contributed by atoms with Crippen molar-refractivity contribution in [3.8, 4) is 17.2 Å². The van der Waals surface area contributed by atoms with Gasteiger partial charge in [-0.3, -0.25) is 4.79 Å². The zero-order valence-electron chi connectivity index (χ0n) is 14.1. The fraction of sp³-hybridized carbons (Fsp3) is 0.278. The Morgan fingerprint density at radius 3 is 2.00 bits per heavy atom. The maximum atomic E-state index is 13.0. The van der Waals surface area contributed by atoms with Gasteiger partial charge < -0.3 is 19.5 Å². The van der Waals surface area contributed by atoms with E-state index in [4.69, 9.17) is 14.2 Å². The highest BCUT2D eigenvalue weighted by Gasteiger charge is 2.18. The molecule has 0 unspecified atom stereocenters. The van der Waals surface area contributed by atoms with Gasteiger partial charge in [-0.15, -0.1) is 0 Å². The predicted molar refractivity (Wildman–Crippen MR) is 88.4 cm³/mol. The van der Waals surface area contributed by atoms with Crippen LogP contribution in [0.5, 0.6) is 17.2 Å². The Balaban J connectivity index is 2.24. The molecule has 2 rings (SSSR count). The van der Waals surface area contributed by atoms with Crippen LogP contribution < -0.4 is 19.5 Å². The van der Waals surface area contributed by atoms with Crippen molar-refractivity contribution < 1.29 is 23.4 Å².